The van der Waals surface area contributed by atoms with E-state index in [-0.39, 0.29) is 23.3 Å². The highest BCUT2D eigenvalue weighted by Gasteiger charge is 2.49. The Hall–Kier alpha value is -2.74. The molecule has 2 aliphatic heterocycles. The number of rotatable bonds is 6. The molecule has 0 N–H and O–H groups in total. The van der Waals surface area contributed by atoms with Crippen LogP contribution in [0.4, 0.5) is 0 Å². The van der Waals surface area contributed by atoms with Gasteiger partial charge in [0, 0.05) is 39.1 Å². The van der Waals surface area contributed by atoms with E-state index in [1.807, 2.05) is 44.3 Å². The Morgan fingerprint density at radius 3 is 2.55 bits per heavy atom. The molecular formula is C25H33N5O3. The van der Waals surface area contributed by atoms with Crippen molar-refractivity contribution in [2.24, 2.45) is 11.3 Å². The van der Waals surface area contributed by atoms with E-state index in [0.717, 1.165) is 57.3 Å². The van der Waals surface area contributed by atoms with Crippen molar-refractivity contribution in [3.05, 3.63) is 47.6 Å². The van der Waals surface area contributed by atoms with Crippen molar-refractivity contribution in [2.75, 3.05) is 33.2 Å². The first-order valence-electron chi connectivity index (χ1n) is 12.0. The lowest BCUT2D eigenvalue weighted by molar-refractivity contribution is -0.134. The molecule has 1 aliphatic carbocycles. The van der Waals surface area contributed by atoms with Gasteiger partial charge in [-0.15, -0.1) is 0 Å². The van der Waals surface area contributed by atoms with Crippen LogP contribution in [0.3, 0.4) is 0 Å². The van der Waals surface area contributed by atoms with Gasteiger partial charge < -0.3 is 14.3 Å². The number of amides is 2. The molecule has 1 spiro atoms. The quantitative estimate of drug-likeness (QED) is 0.672. The molecule has 3 fully saturated rings. The summed E-state index contributed by atoms with van der Waals surface area (Å²) in [5.74, 6) is 1.90. The number of nitrogens with zero attached hydrogens (tertiary/aromatic N) is 5. The summed E-state index contributed by atoms with van der Waals surface area (Å²) in [6, 6.07) is 9.98. The van der Waals surface area contributed by atoms with Gasteiger partial charge in [0.25, 0.3) is 0 Å². The van der Waals surface area contributed by atoms with Crippen molar-refractivity contribution < 1.29 is 14.1 Å². The molecule has 3 aliphatic rings. The zero-order chi connectivity index (χ0) is 23.0. The van der Waals surface area contributed by atoms with Gasteiger partial charge in [0.2, 0.25) is 17.7 Å². The third kappa shape index (κ3) is 4.81. The average molecular weight is 452 g/mol. The number of likely N-dealkylation sites (N-methyl/N-ethyl adjacent to an activating group) is 1. The van der Waals surface area contributed by atoms with E-state index in [1.54, 1.807) is 4.90 Å². The molecule has 0 bridgehead atoms. The molecule has 1 atom stereocenters. The first kappa shape index (κ1) is 22.1. The second-order valence-electron chi connectivity index (χ2n) is 10.1. The summed E-state index contributed by atoms with van der Waals surface area (Å²) < 4.78 is 5.56. The van der Waals surface area contributed by atoms with Crippen molar-refractivity contribution in [1.29, 1.82) is 0 Å². The van der Waals surface area contributed by atoms with Crippen molar-refractivity contribution in [1.82, 2.24) is 24.8 Å². The zero-order valence-corrected chi connectivity index (χ0v) is 19.6. The summed E-state index contributed by atoms with van der Waals surface area (Å²) in [7, 11) is 1.86. The van der Waals surface area contributed by atoms with Gasteiger partial charge in [-0.3, -0.25) is 14.5 Å². The molecule has 0 radical (unpaired) electrons. The first-order valence-corrected chi connectivity index (χ1v) is 12.0. The van der Waals surface area contributed by atoms with Gasteiger partial charge in [-0.25, -0.2) is 0 Å². The summed E-state index contributed by atoms with van der Waals surface area (Å²) in [4.78, 5) is 36.2. The predicted octanol–water partition coefficient (Wildman–Crippen LogP) is 2.80. The summed E-state index contributed by atoms with van der Waals surface area (Å²) >= 11 is 0. The fourth-order valence-corrected chi connectivity index (χ4v) is 5.39. The topological polar surface area (TPSA) is 82.8 Å². The molecule has 1 saturated carbocycles. The molecule has 5 rings (SSSR count). The number of likely N-dealkylation sites (tertiary alicyclic amines) is 2. The fourth-order valence-electron chi connectivity index (χ4n) is 5.39. The fraction of sp³-hybridized carbons (Fsp3) is 0.600. The number of benzene rings is 1. The Bertz CT molecular complexity index is 994. The Labute approximate surface area is 194 Å². The van der Waals surface area contributed by atoms with Crippen molar-refractivity contribution in [2.45, 2.75) is 51.6 Å². The van der Waals surface area contributed by atoms with E-state index in [0.29, 0.717) is 30.7 Å². The molecule has 8 nitrogen and oxygen atoms in total. The molecule has 3 heterocycles. The lowest BCUT2D eigenvalue weighted by Crippen LogP contribution is -2.45. The van der Waals surface area contributed by atoms with E-state index in [2.05, 4.69) is 19.9 Å². The largest absolute Gasteiger partial charge is 0.342 e. The molecule has 8 heteroatoms. The minimum absolute atomic E-state index is 0.0639. The SMILES string of the molecule is Cc1noc(C2CC3(CCN(C(=O)C4CC4)CC3)CN2CC(=O)N(C)Cc2ccccc2)n1. The summed E-state index contributed by atoms with van der Waals surface area (Å²) in [6.07, 6.45) is 4.89. The standard InChI is InChI=1S/C25H33N5O3/c1-18-26-23(33-27-18)21-14-25(10-12-29(13-11-25)24(32)20-8-9-20)17-30(21)16-22(31)28(2)15-19-6-4-3-5-7-19/h3-7,20-21H,8-17H2,1-2H3. The maximum Gasteiger partial charge on any atom is 0.244 e. The molecule has 1 aromatic carbocycles. The number of aryl methyl sites for hydroxylation is 1. The van der Waals surface area contributed by atoms with Crippen LogP contribution in [0.15, 0.2) is 34.9 Å². The highest BCUT2D eigenvalue weighted by molar-refractivity contribution is 5.81. The second-order valence-corrected chi connectivity index (χ2v) is 10.1. The van der Waals surface area contributed by atoms with Gasteiger partial charge in [0.15, 0.2) is 5.82 Å². The maximum atomic E-state index is 13.1. The molecule has 1 aromatic heterocycles. The van der Waals surface area contributed by atoms with Crippen LogP contribution >= 0.6 is 0 Å². The predicted molar refractivity (Wildman–Crippen MR) is 122 cm³/mol. The normalized spacial score (nSPS) is 22.6. The highest BCUT2D eigenvalue weighted by atomic mass is 16.5. The molecule has 2 aromatic rings. The van der Waals surface area contributed by atoms with Crippen LogP contribution in [0, 0.1) is 18.3 Å². The lowest BCUT2D eigenvalue weighted by Gasteiger charge is -2.39. The molecule has 176 valence electrons. The summed E-state index contributed by atoms with van der Waals surface area (Å²) in [5.41, 5.74) is 1.19. The number of piperidine rings is 1. The third-order valence-electron chi connectivity index (χ3n) is 7.52. The minimum atomic E-state index is -0.0639. The third-order valence-corrected chi connectivity index (χ3v) is 7.52. The average Bonchev–Trinajstić information content (AvgIpc) is 3.49. The monoisotopic (exact) mass is 451 g/mol. The van der Waals surface area contributed by atoms with Crippen molar-refractivity contribution in [3.8, 4) is 0 Å². The Morgan fingerprint density at radius 1 is 1.18 bits per heavy atom. The van der Waals surface area contributed by atoms with Gasteiger partial charge in [-0.2, -0.15) is 4.98 Å². The van der Waals surface area contributed by atoms with E-state index >= 15 is 0 Å². The van der Waals surface area contributed by atoms with Crippen LogP contribution in [-0.4, -0.2) is 69.9 Å². The van der Waals surface area contributed by atoms with Crippen molar-refractivity contribution >= 4 is 11.8 Å². The minimum Gasteiger partial charge on any atom is -0.342 e. The van der Waals surface area contributed by atoms with Crippen LogP contribution in [0.1, 0.15) is 55.4 Å². The van der Waals surface area contributed by atoms with Crippen molar-refractivity contribution in [3.63, 3.8) is 0 Å². The van der Waals surface area contributed by atoms with E-state index in [1.165, 1.54) is 0 Å². The molecular weight excluding hydrogens is 418 g/mol. The van der Waals surface area contributed by atoms with Gasteiger partial charge in [0.1, 0.15) is 0 Å². The smallest absolute Gasteiger partial charge is 0.244 e. The Morgan fingerprint density at radius 2 is 1.91 bits per heavy atom. The number of aromatic nitrogens is 2. The maximum absolute atomic E-state index is 13.1. The molecule has 2 saturated heterocycles. The Balaban J connectivity index is 1.27. The second kappa shape index (κ2) is 8.89. The van der Waals surface area contributed by atoms with Gasteiger partial charge >= 0.3 is 0 Å². The Kier molecular flexibility index (Phi) is 5.95. The summed E-state index contributed by atoms with van der Waals surface area (Å²) in [5, 5.41) is 4.00. The first-order chi connectivity index (χ1) is 15.9. The van der Waals surface area contributed by atoms with Crippen LogP contribution < -0.4 is 0 Å². The van der Waals surface area contributed by atoms with E-state index in [9.17, 15) is 9.59 Å². The van der Waals surface area contributed by atoms with Crippen LogP contribution in [0.25, 0.3) is 0 Å². The zero-order valence-electron chi connectivity index (χ0n) is 19.6. The number of hydrogen-bond donors (Lipinski definition) is 0. The van der Waals surface area contributed by atoms with Crippen LogP contribution in [0.2, 0.25) is 0 Å². The van der Waals surface area contributed by atoms with E-state index < -0.39 is 0 Å². The molecule has 2 amide bonds. The van der Waals surface area contributed by atoms with Crippen LogP contribution in [-0.2, 0) is 16.1 Å². The number of hydrogen-bond acceptors (Lipinski definition) is 6. The van der Waals surface area contributed by atoms with Gasteiger partial charge in [0.05, 0.1) is 12.6 Å². The molecule has 33 heavy (non-hydrogen) atoms. The van der Waals surface area contributed by atoms with E-state index in [4.69, 9.17) is 4.52 Å². The molecule has 1 unspecified atom stereocenters. The van der Waals surface area contributed by atoms with Gasteiger partial charge in [-0.1, -0.05) is 35.5 Å². The number of carbonyl (C=O) groups excluding carboxylic acids is 2. The number of carbonyl (C=O) groups is 2. The van der Waals surface area contributed by atoms with Crippen LogP contribution in [0.5, 0.6) is 0 Å². The summed E-state index contributed by atoms with van der Waals surface area (Å²) in [6.45, 7) is 5.16. The highest BCUT2D eigenvalue weighted by Crippen LogP contribution is 2.49. The lowest BCUT2D eigenvalue weighted by atomic mass is 9.76. The van der Waals surface area contributed by atoms with Gasteiger partial charge in [-0.05, 0) is 50.0 Å².